The Morgan fingerprint density at radius 3 is 2.30 bits per heavy atom. The summed E-state index contributed by atoms with van der Waals surface area (Å²) in [6, 6.07) is 23.9. The van der Waals surface area contributed by atoms with Crippen molar-refractivity contribution in [3.63, 3.8) is 0 Å². The van der Waals surface area contributed by atoms with E-state index in [9.17, 15) is 4.79 Å². The third-order valence-electron chi connectivity index (χ3n) is 5.44. The van der Waals surface area contributed by atoms with Crippen LogP contribution in [0, 0.1) is 0 Å². The van der Waals surface area contributed by atoms with Crippen molar-refractivity contribution in [2.45, 2.75) is 39.3 Å². The third kappa shape index (κ3) is 3.91. The molecule has 0 atom stereocenters. The van der Waals surface area contributed by atoms with E-state index in [0.717, 1.165) is 16.7 Å². The lowest BCUT2D eigenvalue weighted by atomic mass is 9.86. The zero-order valence-corrected chi connectivity index (χ0v) is 17.7. The molecule has 4 aromatic rings. The van der Waals surface area contributed by atoms with Crippen LogP contribution in [0.2, 0.25) is 0 Å². The Kier molecular flexibility index (Phi) is 5.27. The maximum atomic E-state index is 13.4. The highest BCUT2D eigenvalue weighted by atomic mass is 16.1. The number of nitrogens with zero attached hydrogens (tertiary/aromatic N) is 2. The fourth-order valence-corrected chi connectivity index (χ4v) is 3.69. The van der Waals surface area contributed by atoms with Gasteiger partial charge in [-0.05, 0) is 34.2 Å². The van der Waals surface area contributed by atoms with Gasteiger partial charge in [0.15, 0.2) is 0 Å². The fraction of sp³-hybridized carbons (Fsp3) is 0.231. The lowest BCUT2D eigenvalue weighted by Gasteiger charge is -2.20. The normalized spacial score (nSPS) is 11.7. The van der Waals surface area contributed by atoms with Gasteiger partial charge in [-0.25, -0.2) is 4.98 Å². The van der Waals surface area contributed by atoms with Crippen molar-refractivity contribution in [1.82, 2.24) is 9.55 Å². The van der Waals surface area contributed by atoms with Gasteiger partial charge in [-0.1, -0.05) is 81.4 Å². The van der Waals surface area contributed by atoms with Gasteiger partial charge in [-0.15, -0.1) is 0 Å². The Morgan fingerprint density at radius 1 is 0.900 bits per heavy atom. The number of aromatic nitrogens is 2. The van der Waals surface area contributed by atoms with Crippen molar-refractivity contribution in [1.29, 1.82) is 0 Å². The Hall–Kier alpha value is -3.24. The second-order valence-corrected chi connectivity index (χ2v) is 8.70. The molecule has 1 heterocycles. The molecule has 0 amide bonds. The molecule has 30 heavy (non-hydrogen) atoms. The van der Waals surface area contributed by atoms with Crippen LogP contribution in [-0.2, 0) is 18.5 Å². The summed E-state index contributed by atoms with van der Waals surface area (Å²) in [6.45, 7) is 7.49. The zero-order chi connectivity index (χ0) is 21.3. The van der Waals surface area contributed by atoms with Gasteiger partial charge in [0.25, 0.3) is 5.56 Å². The summed E-state index contributed by atoms with van der Waals surface area (Å²) in [5.74, 6) is 0.678. The largest absolute Gasteiger partial charge is 0.326 e. The van der Waals surface area contributed by atoms with Crippen molar-refractivity contribution in [3.8, 4) is 11.4 Å². The van der Waals surface area contributed by atoms with Crippen molar-refractivity contribution < 1.29 is 0 Å². The molecule has 1 aromatic heterocycles. The minimum Gasteiger partial charge on any atom is -0.326 e. The Labute approximate surface area is 177 Å². The molecule has 0 saturated carbocycles. The SMILES string of the molecule is CC(C)(C)c1ccc(-c2nc3ccccc3c(=O)n2Cc2cccc(CN)c2)cc1. The summed E-state index contributed by atoms with van der Waals surface area (Å²) >= 11 is 0. The Morgan fingerprint density at radius 2 is 1.60 bits per heavy atom. The van der Waals surface area contributed by atoms with Crippen molar-refractivity contribution in [3.05, 3.63) is 99.8 Å². The molecular formula is C26H27N3O. The van der Waals surface area contributed by atoms with Gasteiger partial charge in [0.1, 0.15) is 5.82 Å². The van der Waals surface area contributed by atoms with E-state index in [1.54, 1.807) is 4.57 Å². The number of benzene rings is 3. The molecule has 4 heteroatoms. The molecule has 0 fully saturated rings. The number of hydrogen-bond acceptors (Lipinski definition) is 3. The summed E-state index contributed by atoms with van der Waals surface area (Å²) < 4.78 is 1.77. The quantitative estimate of drug-likeness (QED) is 0.534. The van der Waals surface area contributed by atoms with E-state index < -0.39 is 0 Å². The van der Waals surface area contributed by atoms with Gasteiger partial charge in [-0.2, -0.15) is 0 Å². The number of para-hydroxylation sites is 1. The van der Waals surface area contributed by atoms with Gasteiger partial charge in [-0.3, -0.25) is 9.36 Å². The molecular weight excluding hydrogens is 370 g/mol. The first-order valence-corrected chi connectivity index (χ1v) is 10.3. The lowest BCUT2D eigenvalue weighted by Crippen LogP contribution is -2.24. The van der Waals surface area contributed by atoms with Crippen molar-refractivity contribution in [2.24, 2.45) is 5.73 Å². The number of rotatable bonds is 4. The third-order valence-corrected chi connectivity index (χ3v) is 5.44. The van der Waals surface area contributed by atoms with Crippen LogP contribution in [0.5, 0.6) is 0 Å². The van der Waals surface area contributed by atoms with Gasteiger partial charge in [0.05, 0.1) is 17.4 Å². The highest BCUT2D eigenvalue weighted by Gasteiger charge is 2.16. The molecule has 0 bridgehead atoms. The summed E-state index contributed by atoms with van der Waals surface area (Å²) in [6.07, 6.45) is 0. The highest BCUT2D eigenvalue weighted by molar-refractivity contribution is 5.79. The molecule has 0 spiro atoms. The smallest absolute Gasteiger partial charge is 0.261 e. The molecule has 0 aliphatic heterocycles. The van der Waals surface area contributed by atoms with E-state index in [1.807, 2.05) is 48.5 Å². The van der Waals surface area contributed by atoms with E-state index in [4.69, 9.17) is 10.7 Å². The molecule has 4 rings (SSSR count). The monoisotopic (exact) mass is 397 g/mol. The highest BCUT2D eigenvalue weighted by Crippen LogP contribution is 2.26. The van der Waals surface area contributed by atoms with Crippen LogP contribution in [0.1, 0.15) is 37.5 Å². The minimum absolute atomic E-state index is 0.0337. The van der Waals surface area contributed by atoms with E-state index in [-0.39, 0.29) is 11.0 Å². The summed E-state index contributed by atoms with van der Waals surface area (Å²) in [7, 11) is 0. The van der Waals surface area contributed by atoms with Crippen LogP contribution in [0.25, 0.3) is 22.3 Å². The van der Waals surface area contributed by atoms with Gasteiger partial charge in [0.2, 0.25) is 0 Å². The second kappa shape index (κ2) is 7.88. The molecule has 4 nitrogen and oxygen atoms in total. The Balaban J connectivity index is 1.89. The lowest BCUT2D eigenvalue weighted by molar-refractivity contribution is 0.590. The molecule has 3 aromatic carbocycles. The van der Waals surface area contributed by atoms with Gasteiger partial charge >= 0.3 is 0 Å². The van der Waals surface area contributed by atoms with Crippen LogP contribution in [0.15, 0.2) is 77.6 Å². The molecule has 0 aliphatic rings. The number of hydrogen-bond donors (Lipinski definition) is 1. The van der Waals surface area contributed by atoms with E-state index >= 15 is 0 Å². The first-order chi connectivity index (χ1) is 14.4. The van der Waals surface area contributed by atoms with E-state index in [2.05, 4.69) is 45.0 Å². The topological polar surface area (TPSA) is 60.9 Å². The molecule has 0 unspecified atom stereocenters. The average Bonchev–Trinajstić information content (AvgIpc) is 2.75. The van der Waals surface area contributed by atoms with Crippen LogP contribution in [0.3, 0.4) is 0 Å². The van der Waals surface area contributed by atoms with Crippen molar-refractivity contribution >= 4 is 10.9 Å². The fourth-order valence-electron chi connectivity index (χ4n) is 3.69. The standard InChI is InChI=1S/C26H27N3O/c1-26(2,3)21-13-11-20(12-14-21)24-28-23-10-5-4-9-22(23)25(30)29(24)17-19-8-6-7-18(15-19)16-27/h4-15H,16-17,27H2,1-3H3. The number of fused-ring (bicyclic) bond motifs is 1. The average molecular weight is 398 g/mol. The summed E-state index contributed by atoms with van der Waals surface area (Å²) in [4.78, 5) is 18.3. The predicted octanol–water partition coefficient (Wildman–Crippen LogP) is 4.87. The molecule has 0 radical (unpaired) electrons. The maximum absolute atomic E-state index is 13.4. The minimum atomic E-state index is -0.0337. The van der Waals surface area contributed by atoms with Crippen LogP contribution < -0.4 is 11.3 Å². The molecule has 152 valence electrons. The Bertz CT molecular complexity index is 1250. The molecule has 2 N–H and O–H groups in total. The molecule has 0 aliphatic carbocycles. The van der Waals surface area contributed by atoms with Crippen LogP contribution in [-0.4, -0.2) is 9.55 Å². The van der Waals surface area contributed by atoms with Crippen LogP contribution in [0.4, 0.5) is 0 Å². The number of nitrogens with two attached hydrogens (primary N) is 1. The predicted molar refractivity (Wildman–Crippen MR) is 124 cm³/mol. The summed E-state index contributed by atoms with van der Waals surface area (Å²) in [5.41, 5.74) is 10.8. The first kappa shape index (κ1) is 20.0. The van der Waals surface area contributed by atoms with Gasteiger partial charge in [0, 0.05) is 12.1 Å². The van der Waals surface area contributed by atoms with E-state index in [1.165, 1.54) is 5.56 Å². The van der Waals surface area contributed by atoms with Gasteiger partial charge < -0.3 is 5.73 Å². The zero-order valence-electron chi connectivity index (χ0n) is 17.7. The first-order valence-electron chi connectivity index (χ1n) is 10.3. The summed E-state index contributed by atoms with van der Waals surface area (Å²) in [5, 5.41) is 0.627. The maximum Gasteiger partial charge on any atom is 0.261 e. The van der Waals surface area contributed by atoms with Crippen molar-refractivity contribution in [2.75, 3.05) is 0 Å². The second-order valence-electron chi connectivity index (χ2n) is 8.70. The van der Waals surface area contributed by atoms with Crippen LogP contribution >= 0.6 is 0 Å². The molecule has 0 saturated heterocycles. The van der Waals surface area contributed by atoms with E-state index in [0.29, 0.717) is 29.8 Å².